The summed E-state index contributed by atoms with van der Waals surface area (Å²) >= 11 is 0. The van der Waals surface area contributed by atoms with Crippen LogP contribution in [0, 0.1) is 5.82 Å². The summed E-state index contributed by atoms with van der Waals surface area (Å²) in [7, 11) is 0. The maximum absolute atomic E-state index is 13.4. The number of amides is 1. The van der Waals surface area contributed by atoms with Crippen molar-refractivity contribution in [2.24, 2.45) is 5.73 Å². The molecule has 32 heavy (non-hydrogen) atoms. The van der Waals surface area contributed by atoms with E-state index in [1.807, 2.05) is 0 Å². The van der Waals surface area contributed by atoms with Gasteiger partial charge in [0, 0.05) is 23.5 Å². The van der Waals surface area contributed by atoms with Crippen molar-refractivity contribution in [3.8, 4) is 11.4 Å². The molecule has 0 atom stereocenters. The zero-order valence-corrected chi connectivity index (χ0v) is 15.7. The summed E-state index contributed by atoms with van der Waals surface area (Å²) in [5, 5.41) is 0. The fourth-order valence-electron chi connectivity index (χ4n) is 2.68. The fraction of sp³-hybridized carbons (Fsp3) is 0.100. The molecular formula is C20H11F7N4O. The summed E-state index contributed by atoms with van der Waals surface area (Å²) in [5.41, 5.74) is 1.38. The van der Waals surface area contributed by atoms with Crippen molar-refractivity contribution < 1.29 is 35.5 Å². The van der Waals surface area contributed by atoms with Crippen LogP contribution in [0.2, 0.25) is 0 Å². The smallest absolute Gasteiger partial charge is 0.366 e. The summed E-state index contributed by atoms with van der Waals surface area (Å²) in [6, 6.07) is 3.13. The van der Waals surface area contributed by atoms with E-state index in [9.17, 15) is 35.5 Å². The number of nitrogens with zero attached hydrogens (tertiary/aromatic N) is 3. The molecule has 1 amide bonds. The van der Waals surface area contributed by atoms with E-state index in [4.69, 9.17) is 5.73 Å². The Balaban J connectivity index is 2.13. The zero-order chi connectivity index (χ0) is 23.7. The van der Waals surface area contributed by atoms with Crippen LogP contribution in [0.4, 0.5) is 30.7 Å². The van der Waals surface area contributed by atoms with E-state index < -0.39 is 46.6 Å². The van der Waals surface area contributed by atoms with Crippen LogP contribution in [0.5, 0.6) is 0 Å². The second-order valence-electron chi connectivity index (χ2n) is 6.41. The van der Waals surface area contributed by atoms with Crippen molar-refractivity contribution in [3.63, 3.8) is 0 Å². The van der Waals surface area contributed by atoms with Gasteiger partial charge in [0.25, 0.3) is 0 Å². The number of alkyl halides is 6. The Labute approximate surface area is 175 Å². The molecule has 0 saturated heterocycles. The van der Waals surface area contributed by atoms with Gasteiger partial charge in [-0.25, -0.2) is 14.4 Å². The highest BCUT2D eigenvalue weighted by molar-refractivity contribution is 6.23. The summed E-state index contributed by atoms with van der Waals surface area (Å²) in [5.74, 6) is -2.21. The maximum atomic E-state index is 13.4. The number of nitrogens with two attached hydrogens (primary N) is 1. The lowest BCUT2D eigenvalue weighted by atomic mass is 10.0. The van der Waals surface area contributed by atoms with Crippen molar-refractivity contribution in [2.45, 2.75) is 12.4 Å². The molecule has 3 rings (SSSR count). The minimum Gasteiger partial charge on any atom is -0.366 e. The standard InChI is InChI=1S/C20H11F7N4O/c21-14-5-11(8-29-9-14)16(17(28)32)7-15-1-2-30-18(31-15)10-3-12(19(22,23)24)6-13(4-10)20(25,26)27/h1-9H,(H2,28,32)/b16-7+. The molecule has 0 saturated carbocycles. The lowest BCUT2D eigenvalue weighted by Crippen LogP contribution is -2.13. The molecule has 1 aromatic carbocycles. The van der Waals surface area contributed by atoms with Gasteiger partial charge in [-0.1, -0.05) is 0 Å². The van der Waals surface area contributed by atoms with E-state index in [1.165, 1.54) is 6.07 Å². The third-order valence-electron chi connectivity index (χ3n) is 4.10. The summed E-state index contributed by atoms with van der Waals surface area (Å²) in [4.78, 5) is 23.0. The van der Waals surface area contributed by atoms with Crippen molar-refractivity contribution in [1.29, 1.82) is 0 Å². The van der Waals surface area contributed by atoms with E-state index in [-0.39, 0.29) is 22.9 Å². The lowest BCUT2D eigenvalue weighted by Gasteiger charge is -2.14. The molecule has 0 bridgehead atoms. The second-order valence-corrected chi connectivity index (χ2v) is 6.41. The Morgan fingerprint density at radius 3 is 2.09 bits per heavy atom. The highest BCUT2D eigenvalue weighted by Gasteiger charge is 2.37. The number of carbonyl (C=O) groups is 1. The number of hydrogen-bond acceptors (Lipinski definition) is 4. The Kier molecular flexibility index (Phi) is 5.97. The van der Waals surface area contributed by atoms with Crippen molar-refractivity contribution in [3.05, 3.63) is 77.1 Å². The zero-order valence-electron chi connectivity index (χ0n) is 15.7. The third kappa shape index (κ3) is 5.25. The average molecular weight is 456 g/mol. The van der Waals surface area contributed by atoms with Gasteiger partial charge >= 0.3 is 12.4 Å². The Hall–Kier alpha value is -3.83. The van der Waals surface area contributed by atoms with E-state index >= 15 is 0 Å². The lowest BCUT2D eigenvalue weighted by molar-refractivity contribution is -0.143. The molecular weight excluding hydrogens is 445 g/mol. The van der Waals surface area contributed by atoms with Crippen molar-refractivity contribution >= 4 is 17.6 Å². The summed E-state index contributed by atoms with van der Waals surface area (Å²) in [6.45, 7) is 0. The van der Waals surface area contributed by atoms with Gasteiger partial charge in [-0.15, -0.1) is 0 Å². The van der Waals surface area contributed by atoms with E-state index in [0.717, 1.165) is 30.7 Å². The van der Waals surface area contributed by atoms with E-state index in [0.29, 0.717) is 12.1 Å². The predicted molar refractivity (Wildman–Crippen MR) is 98.7 cm³/mol. The summed E-state index contributed by atoms with van der Waals surface area (Å²) < 4.78 is 92.1. The van der Waals surface area contributed by atoms with Crippen LogP contribution in [-0.4, -0.2) is 20.9 Å². The first-order chi connectivity index (χ1) is 14.8. The number of pyridine rings is 1. The number of carbonyl (C=O) groups excluding carboxylic acids is 1. The fourth-order valence-corrected chi connectivity index (χ4v) is 2.68. The monoisotopic (exact) mass is 456 g/mol. The molecule has 12 heteroatoms. The highest BCUT2D eigenvalue weighted by Crippen LogP contribution is 2.38. The molecule has 3 aromatic rings. The number of benzene rings is 1. The van der Waals surface area contributed by atoms with Crippen molar-refractivity contribution in [1.82, 2.24) is 15.0 Å². The molecule has 0 aliphatic rings. The highest BCUT2D eigenvalue weighted by atomic mass is 19.4. The van der Waals surface area contributed by atoms with Gasteiger partial charge in [-0.2, -0.15) is 26.3 Å². The normalized spacial score (nSPS) is 12.7. The van der Waals surface area contributed by atoms with Crippen LogP contribution in [0.25, 0.3) is 23.0 Å². The minimum absolute atomic E-state index is 0.00362. The van der Waals surface area contributed by atoms with Crippen LogP contribution >= 0.6 is 0 Å². The van der Waals surface area contributed by atoms with Crippen LogP contribution in [0.3, 0.4) is 0 Å². The number of rotatable bonds is 4. The first-order valence-corrected chi connectivity index (χ1v) is 8.60. The van der Waals surface area contributed by atoms with E-state index in [1.54, 1.807) is 0 Å². The quantitative estimate of drug-likeness (QED) is 0.454. The van der Waals surface area contributed by atoms with E-state index in [2.05, 4.69) is 15.0 Å². The first-order valence-electron chi connectivity index (χ1n) is 8.60. The van der Waals surface area contributed by atoms with Crippen LogP contribution < -0.4 is 5.73 Å². The summed E-state index contributed by atoms with van der Waals surface area (Å²) in [6.07, 6.45) is -5.90. The molecule has 0 fully saturated rings. The predicted octanol–water partition coefficient (Wildman–Crippen LogP) is 4.74. The number of primary amides is 1. The van der Waals surface area contributed by atoms with Gasteiger partial charge in [-0.3, -0.25) is 9.78 Å². The van der Waals surface area contributed by atoms with Gasteiger partial charge in [0.15, 0.2) is 5.82 Å². The minimum atomic E-state index is -5.04. The Bertz CT molecular complexity index is 1170. The van der Waals surface area contributed by atoms with Gasteiger partial charge in [0.05, 0.1) is 28.6 Å². The SMILES string of the molecule is NC(=O)/C(=C/c1ccnc(-c2cc(C(F)(F)F)cc(C(F)(F)F)c2)n1)c1cncc(F)c1. The topological polar surface area (TPSA) is 81.8 Å². The average Bonchev–Trinajstić information content (AvgIpc) is 2.70. The molecule has 5 nitrogen and oxygen atoms in total. The van der Waals surface area contributed by atoms with Gasteiger partial charge < -0.3 is 5.73 Å². The number of hydrogen-bond donors (Lipinski definition) is 1. The molecule has 166 valence electrons. The Morgan fingerprint density at radius 1 is 0.938 bits per heavy atom. The van der Waals surface area contributed by atoms with Gasteiger partial charge in [-0.05, 0) is 36.4 Å². The molecule has 0 spiro atoms. The molecule has 2 heterocycles. The first kappa shape index (κ1) is 22.8. The largest absolute Gasteiger partial charge is 0.416 e. The molecule has 0 aliphatic carbocycles. The molecule has 0 aliphatic heterocycles. The number of halogens is 7. The maximum Gasteiger partial charge on any atom is 0.416 e. The van der Waals surface area contributed by atoms with Crippen LogP contribution in [-0.2, 0) is 17.1 Å². The van der Waals surface area contributed by atoms with Gasteiger partial charge in [0.2, 0.25) is 5.91 Å². The third-order valence-corrected chi connectivity index (χ3v) is 4.10. The van der Waals surface area contributed by atoms with Crippen molar-refractivity contribution in [2.75, 3.05) is 0 Å². The molecule has 0 radical (unpaired) electrons. The Morgan fingerprint density at radius 2 is 1.56 bits per heavy atom. The van der Waals surface area contributed by atoms with Gasteiger partial charge in [0.1, 0.15) is 5.82 Å². The second kappa shape index (κ2) is 8.36. The molecule has 2 N–H and O–H groups in total. The van der Waals surface area contributed by atoms with Crippen LogP contribution in [0.15, 0.2) is 48.9 Å². The molecule has 2 aromatic heterocycles. The van der Waals surface area contributed by atoms with Crippen LogP contribution in [0.1, 0.15) is 22.4 Å². The number of aromatic nitrogens is 3. The molecule has 0 unspecified atom stereocenters.